The fraction of sp³-hybridized carbons (Fsp3) is 0.188. The molecule has 3 aromatic rings. The van der Waals surface area contributed by atoms with Crippen LogP contribution in [0.4, 0.5) is 5.13 Å². The summed E-state index contributed by atoms with van der Waals surface area (Å²) in [6, 6.07) is 9.32. The molecule has 0 unspecified atom stereocenters. The monoisotopic (exact) mass is 328 g/mol. The molecule has 3 rings (SSSR count). The van der Waals surface area contributed by atoms with E-state index in [1.807, 2.05) is 36.6 Å². The maximum absolute atomic E-state index is 12.4. The maximum Gasteiger partial charge on any atom is 0.275 e. The van der Waals surface area contributed by atoms with Crippen molar-refractivity contribution in [3.8, 4) is 17.0 Å². The second kappa shape index (κ2) is 6.21. The largest absolute Gasteiger partial charge is 0.497 e. The van der Waals surface area contributed by atoms with Gasteiger partial charge in [0, 0.05) is 18.0 Å². The average Bonchev–Trinajstić information content (AvgIpc) is 3.13. The van der Waals surface area contributed by atoms with Crippen LogP contribution in [0.15, 0.2) is 35.7 Å². The van der Waals surface area contributed by atoms with E-state index in [0.717, 1.165) is 17.0 Å². The van der Waals surface area contributed by atoms with Crippen molar-refractivity contribution in [2.45, 2.75) is 6.92 Å². The number of ether oxygens (including phenoxy) is 1. The zero-order valence-electron chi connectivity index (χ0n) is 13.0. The van der Waals surface area contributed by atoms with Crippen molar-refractivity contribution in [3.05, 3.63) is 47.1 Å². The van der Waals surface area contributed by atoms with Crippen LogP contribution in [0.1, 0.15) is 16.2 Å². The number of aryl methyl sites for hydroxylation is 2. The van der Waals surface area contributed by atoms with Crippen LogP contribution in [0.5, 0.6) is 5.75 Å². The number of anilines is 1. The van der Waals surface area contributed by atoms with Gasteiger partial charge in [0.05, 0.1) is 18.5 Å². The number of hydrogen-bond acceptors (Lipinski definition) is 5. The van der Waals surface area contributed by atoms with Gasteiger partial charge in [-0.3, -0.25) is 14.8 Å². The van der Waals surface area contributed by atoms with Gasteiger partial charge in [-0.2, -0.15) is 5.10 Å². The Morgan fingerprint density at radius 3 is 2.87 bits per heavy atom. The van der Waals surface area contributed by atoms with E-state index in [1.165, 1.54) is 11.3 Å². The number of carbonyl (C=O) groups excluding carboxylic acids is 1. The van der Waals surface area contributed by atoms with E-state index in [9.17, 15) is 4.79 Å². The van der Waals surface area contributed by atoms with E-state index in [-0.39, 0.29) is 5.91 Å². The summed E-state index contributed by atoms with van der Waals surface area (Å²) in [7, 11) is 3.36. The molecule has 0 aliphatic heterocycles. The Balaban J connectivity index is 1.86. The van der Waals surface area contributed by atoms with Gasteiger partial charge in [-0.15, -0.1) is 11.3 Å². The molecule has 2 aromatic heterocycles. The lowest BCUT2D eigenvalue weighted by Crippen LogP contribution is -2.15. The average molecular weight is 328 g/mol. The third-order valence-corrected chi connectivity index (χ3v) is 4.19. The molecular formula is C16H16N4O2S. The topological polar surface area (TPSA) is 69.0 Å². The Kier molecular flexibility index (Phi) is 4.12. The summed E-state index contributed by atoms with van der Waals surface area (Å²) >= 11 is 1.40. The standard InChI is InChI=1S/C16H16N4O2S/c1-10-9-23-16(17-10)18-15(21)14-8-13(19-20(14)2)11-5-4-6-12(7-11)22-3/h4-9H,1-3H3,(H,17,18,21). The number of rotatable bonds is 4. The summed E-state index contributed by atoms with van der Waals surface area (Å²) in [5, 5.41) is 9.67. The molecule has 0 radical (unpaired) electrons. The van der Waals surface area contributed by atoms with Crippen molar-refractivity contribution in [3.63, 3.8) is 0 Å². The molecule has 0 bridgehead atoms. The van der Waals surface area contributed by atoms with Gasteiger partial charge in [0.25, 0.3) is 5.91 Å². The zero-order chi connectivity index (χ0) is 16.4. The summed E-state index contributed by atoms with van der Waals surface area (Å²) in [6.07, 6.45) is 0. The third kappa shape index (κ3) is 3.24. The Morgan fingerprint density at radius 1 is 1.35 bits per heavy atom. The molecular weight excluding hydrogens is 312 g/mol. The molecule has 7 heteroatoms. The molecule has 23 heavy (non-hydrogen) atoms. The van der Waals surface area contributed by atoms with Crippen molar-refractivity contribution < 1.29 is 9.53 Å². The highest BCUT2D eigenvalue weighted by atomic mass is 32.1. The molecule has 0 spiro atoms. The molecule has 0 aliphatic carbocycles. The van der Waals surface area contributed by atoms with Crippen LogP contribution in [0, 0.1) is 6.92 Å². The van der Waals surface area contributed by atoms with Crippen LogP contribution in [-0.2, 0) is 7.05 Å². The van der Waals surface area contributed by atoms with Gasteiger partial charge in [0.1, 0.15) is 11.4 Å². The van der Waals surface area contributed by atoms with E-state index in [1.54, 1.807) is 24.9 Å². The number of methoxy groups -OCH3 is 1. The normalized spacial score (nSPS) is 10.6. The Hall–Kier alpha value is -2.67. The van der Waals surface area contributed by atoms with Crippen LogP contribution in [-0.4, -0.2) is 27.8 Å². The van der Waals surface area contributed by atoms with Crippen molar-refractivity contribution in [1.29, 1.82) is 0 Å². The first-order valence-corrected chi connectivity index (χ1v) is 7.87. The molecule has 6 nitrogen and oxygen atoms in total. The summed E-state index contributed by atoms with van der Waals surface area (Å²) in [4.78, 5) is 16.6. The van der Waals surface area contributed by atoms with E-state index in [4.69, 9.17) is 4.74 Å². The number of nitrogens with one attached hydrogen (secondary N) is 1. The Bertz CT molecular complexity index is 853. The second-order valence-electron chi connectivity index (χ2n) is 5.02. The van der Waals surface area contributed by atoms with Gasteiger partial charge in [-0.25, -0.2) is 4.98 Å². The minimum Gasteiger partial charge on any atom is -0.497 e. The van der Waals surface area contributed by atoms with Gasteiger partial charge >= 0.3 is 0 Å². The maximum atomic E-state index is 12.4. The molecule has 0 aliphatic rings. The summed E-state index contributed by atoms with van der Waals surface area (Å²) < 4.78 is 6.78. The molecule has 1 amide bonds. The molecule has 2 heterocycles. The number of aromatic nitrogens is 3. The van der Waals surface area contributed by atoms with Gasteiger partial charge in [0.15, 0.2) is 5.13 Å². The zero-order valence-corrected chi connectivity index (χ0v) is 13.8. The van der Waals surface area contributed by atoms with Crippen molar-refractivity contribution in [2.24, 2.45) is 7.05 Å². The lowest BCUT2D eigenvalue weighted by atomic mass is 10.1. The van der Waals surface area contributed by atoms with E-state index < -0.39 is 0 Å². The predicted octanol–water partition coefficient (Wildman–Crippen LogP) is 3.11. The van der Waals surface area contributed by atoms with Gasteiger partial charge in [-0.05, 0) is 25.1 Å². The lowest BCUT2D eigenvalue weighted by molar-refractivity contribution is 0.101. The first-order valence-electron chi connectivity index (χ1n) is 6.99. The highest BCUT2D eigenvalue weighted by molar-refractivity contribution is 7.13. The SMILES string of the molecule is COc1cccc(-c2cc(C(=O)Nc3nc(C)cs3)n(C)n2)c1. The van der Waals surface area contributed by atoms with Crippen LogP contribution in [0.3, 0.4) is 0 Å². The Labute approximate surface area is 137 Å². The van der Waals surface area contributed by atoms with Crippen molar-refractivity contribution in [1.82, 2.24) is 14.8 Å². The molecule has 0 saturated heterocycles. The molecule has 1 N–H and O–H groups in total. The van der Waals surface area contributed by atoms with Crippen LogP contribution < -0.4 is 10.1 Å². The van der Waals surface area contributed by atoms with E-state index in [2.05, 4.69) is 15.4 Å². The quantitative estimate of drug-likeness (QED) is 0.799. The van der Waals surface area contributed by atoms with Crippen LogP contribution in [0.25, 0.3) is 11.3 Å². The fourth-order valence-corrected chi connectivity index (χ4v) is 2.86. The van der Waals surface area contributed by atoms with Crippen LogP contribution >= 0.6 is 11.3 Å². The highest BCUT2D eigenvalue weighted by Gasteiger charge is 2.16. The fourth-order valence-electron chi connectivity index (χ4n) is 2.18. The Morgan fingerprint density at radius 2 is 2.17 bits per heavy atom. The van der Waals surface area contributed by atoms with Crippen molar-refractivity contribution in [2.75, 3.05) is 12.4 Å². The molecule has 118 valence electrons. The van der Waals surface area contributed by atoms with Gasteiger partial charge < -0.3 is 4.74 Å². The number of amides is 1. The molecule has 1 aromatic carbocycles. The summed E-state index contributed by atoms with van der Waals surface area (Å²) in [5.41, 5.74) is 2.96. The number of hydrogen-bond donors (Lipinski definition) is 1. The summed E-state index contributed by atoms with van der Waals surface area (Å²) in [6.45, 7) is 1.89. The number of carbonyl (C=O) groups is 1. The lowest BCUT2D eigenvalue weighted by Gasteiger charge is -2.01. The molecule has 0 saturated carbocycles. The molecule has 0 fully saturated rings. The first-order chi connectivity index (χ1) is 11.1. The molecule has 0 atom stereocenters. The number of nitrogens with zero attached hydrogens (tertiary/aromatic N) is 3. The number of thiazole rings is 1. The van der Waals surface area contributed by atoms with Gasteiger partial charge in [0.2, 0.25) is 0 Å². The minimum atomic E-state index is -0.233. The van der Waals surface area contributed by atoms with Crippen LogP contribution in [0.2, 0.25) is 0 Å². The van der Waals surface area contributed by atoms with Crippen molar-refractivity contribution >= 4 is 22.4 Å². The summed E-state index contributed by atoms with van der Waals surface area (Å²) in [5.74, 6) is 0.515. The van der Waals surface area contributed by atoms with E-state index >= 15 is 0 Å². The highest BCUT2D eigenvalue weighted by Crippen LogP contribution is 2.24. The first kappa shape index (κ1) is 15.2. The van der Waals surface area contributed by atoms with Gasteiger partial charge in [-0.1, -0.05) is 12.1 Å². The number of benzene rings is 1. The third-order valence-electron chi connectivity index (χ3n) is 3.32. The van der Waals surface area contributed by atoms with E-state index in [0.29, 0.717) is 16.5 Å². The second-order valence-corrected chi connectivity index (χ2v) is 5.88. The smallest absolute Gasteiger partial charge is 0.275 e. The minimum absolute atomic E-state index is 0.233. The predicted molar refractivity (Wildman–Crippen MR) is 90.0 cm³/mol.